The van der Waals surface area contributed by atoms with E-state index in [1.165, 1.54) is 5.56 Å². The summed E-state index contributed by atoms with van der Waals surface area (Å²) in [4.78, 5) is 0. The van der Waals surface area contributed by atoms with Crippen LogP contribution in [0.15, 0.2) is 30.3 Å². The lowest BCUT2D eigenvalue weighted by Crippen LogP contribution is -2.13. The van der Waals surface area contributed by atoms with Crippen molar-refractivity contribution >= 4 is 0 Å². The van der Waals surface area contributed by atoms with Crippen LogP contribution in [-0.2, 0) is 9.84 Å². The summed E-state index contributed by atoms with van der Waals surface area (Å²) in [5.74, 6) is 0. The van der Waals surface area contributed by atoms with Gasteiger partial charge in [-0.1, -0.05) is 43.7 Å². The largest absolute Gasteiger partial charge is 0.371 e. The maximum absolute atomic E-state index is 10.9. The van der Waals surface area contributed by atoms with Crippen molar-refractivity contribution in [2.45, 2.75) is 38.9 Å². The minimum Gasteiger partial charge on any atom is -0.371 e. The molecule has 2 nitrogen and oxygen atoms in total. The van der Waals surface area contributed by atoms with E-state index in [-0.39, 0.29) is 6.10 Å². The second-order valence-corrected chi connectivity index (χ2v) is 3.83. The summed E-state index contributed by atoms with van der Waals surface area (Å²) < 4.78 is 5.62. The Morgan fingerprint density at radius 3 is 2.47 bits per heavy atom. The Morgan fingerprint density at radius 2 is 1.93 bits per heavy atom. The van der Waals surface area contributed by atoms with Crippen molar-refractivity contribution in [1.29, 1.82) is 0 Å². The lowest BCUT2D eigenvalue weighted by molar-refractivity contribution is -0.0325. The highest BCUT2D eigenvalue weighted by Crippen LogP contribution is 2.22. The number of hydrogen-bond acceptors (Lipinski definition) is 1. The topological polar surface area (TPSA) is 29.1 Å². The van der Waals surface area contributed by atoms with E-state index in [1.54, 1.807) is 6.92 Å². The van der Waals surface area contributed by atoms with Gasteiger partial charge in [0.2, 0.25) is 0 Å². The molecule has 1 radical (unpaired) electrons. The third-order valence-electron chi connectivity index (χ3n) is 2.25. The minimum absolute atomic E-state index is 0.0765. The lowest BCUT2D eigenvalue weighted by atomic mass is 10.1. The van der Waals surface area contributed by atoms with Crippen molar-refractivity contribution in [2.75, 3.05) is 6.61 Å². The molecule has 0 aliphatic rings. The Balaban J connectivity index is 2.57. The Morgan fingerprint density at radius 1 is 1.27 bits per heavy atom. The van der Waals surface area contributed by atoms with Crippen LogP contribution in [0, 0.1) is 0 Å². The maximum atomic E-state index is 10.9. The van der Waals surface area contributed by atoms with E-state index < -0.39 is 6.10 Å². The fourth-order valence-corrected chi connectivity index (χ4v) is 1.53. The third kappa shape index (κ3) is 4.45. The zero-order chi connectivity index (χ0) is 11.1. The van der Waals surface area contributed by atoms with Crippen molar-refractivity contribution in [3.05, 3.63) is 35.9 Å². The van der Waals surface area contributed by atoms with Gasteiger partial charge < -0.3 is 4.74 Å². The summed E-state index contributed by atoms with van der Waals surface area (Å²) >= 11 is 0. The molecule has 15 heavy (non-hydrogen) atoms. The first-order valence-corrected chi connectivity index (χ1v) is 5.56. The molecule has 0 heterocycles. The fraction of sp³-hybridized carbons (Fsp3) is 0.538. The molecule has 0 fully saturated rings. The number of ether oxygens (including phenoxy) is 1. The Kier molecular flexibility index (Phi) is 5.37. The third-order valence-corrected chi connectivity index (χ3v) is 2.25. The van der Waals surface area contributed by atoms with Crippen molar-refractivity contribution in [3.8, 4) is 0 Å². The van der Waals surface area contributed by atoms with Crippen molar-refractivity contribution in [2.24, 2.45) is 0 Å². The average molecular weight is 207 g/mol. The van der Waals surface area contributed by atoms with Gasteiger partial charge in [0.15, 0.2) is 0 Å². The molecule has 0 amide bonds. The van der Waals surface area contributed by atoms with Crippen LogP contribution in [0.1, 0.15) is 38.4 Å². The maximum Gasteiger partial charge on any atom is 0.113 e. The highest BCUT2D eigenvalue weighted by Gasteiger charge is 2.11. The van der Waals surface area contributed by atoms with Gasteiger partial charge in [0.1, 0.15) is 6.10 Å². The van der Waals surface area contributed by atoms with Crippen LogP contribution in [0.5, 0.6) is 0 Å². The van der Waals surface area contributed by atoms with E-state index in [0.717, 1.165) is 12.8 Å². The smallest absolute Gasteiger partial charge is 0.113 e. The standard InChI is InChI=1S/C13H19O2/c1-3-7-13(15-10-11(2)14)12-8-5-4-6-9-12/h4-6,8-9,11,13H,3,7,10H2,1-2H3. The molecular formula is C13H19O2. The van der Waals surface area contributed by atoms with Crippen LogP contribution in [0.25, 0.3) is 0 Å². The van der Waals surface area contributed by atoms with E-state index >= 15 is 0 Å². The summed E-state index contributed by atoms with van der Waals surface area (Å²) in [6.07, 6.45) is 1.46. The molecule has 0 saturated carbocycles. The molecule has 0 N–H and O–H groups in total. The summed E-state index contributed by atoms with van der Waals surface area (Å²) in [7, 11) is 0. The van der Waals surface area contributed by atoms with Crippen molar-refractivity contribution in [3.63, 3.8) is 0 Å². The van der Waals surface area contributed by atoms with Crippen LogP contribution in [0.4, 0.5) is 0 Å². The highest BCUT2D eigenvalue weighted by molar-refractivity contribution is 5.17. The molecule has 2 heteroatoms. The molecular weight excluding hydrogens is 188 g/mol. The first-order valence-electron chi connectivity index (χ1n) is 5.56. The fourth-order valence-electron chi connectivity index (χ4n) is 1.53. The highest BCUT2D eigenvalue weighted by atomic mass is 16.5. The molecule has 0 saturated heterocycles. The summed E-state index contributed by atoms with van der Waals surface area (Å²) in [6.45, 7) is 4.05. The van der Waals surface area contributed by atoms with Gasteiger partial charge in [-0.3, -0.25) is 0 Å². The van der Waals surface area contributed by atoms with E-state index in [4.69, 9.17) is 4.74 Å². The van der Waals surface area contributed by atoms with Crippen LogP contribution in [-0.4, -0.2) is 12.7 Å². The molecule has 1 aromatic rings. The van der Waals surface area contributed by atoms with E-state index in [1.807, 2.05) is 18.2 Å². The normalized spacial score (nSPS) is 14.9. The van der Waals surface area contributed by atoms with E-state index in [0.29, 0.717) is 6.61 Å². The van der Waals surface area contributed by atoms with Crippen molar-refractivity contribution in [1.82, 2.24) is 0 Å². The lowest BCUT2D eigenvalue weighted by Gasteiger charge is -2.18. The first kappa shape index (κ1) is 12.2. The second-order valence-electron chi connectivity index (χ2n) is 3.83. The molecule has 0 spiro atoms. The molecule has 0 aromatic heterocycles. The Labute approximate surface area is 91.9 Å². The van der Waals surface area contributed by atoms with Crippen molar-refractivity contribution < 1.29 is 9.84 Å². The summed E-state index contributed by atoms with van der Waals surface area (Å²) in [5, 5.41) is 10.9. The van der Waals surface area contributed by atoms with Gasteiger partial charge in [-0.2, -0.15) is 0 Å². The molecule has 0 aliphatic carbocycles. The van der Waals surface area contributed by atoms with Gasteiger partial charge in [-0.05, 0) is 18.9 Å². The van der Waals surface area contributed by atoms with Crippen LogP contribution >= 0.6 is 0 Å². The van der Waals surface area contributed by atoms with E-state index in [2.05, 4.69) is 19.1 Å². The quantitative estimate of drug-likeness (QED) is 0.703. The van der Waals surface area contributed by atoms with Gasteiger partial charge in [0, 0.05) is 0 Å². The zero-order valence-electron chi connectivity index (χ0n) is 9.48. The summed E-state index contributed by atoms with van der Waals surface area (Å²) in [5.41, 5.74) is 1.17. The molecule has 0 aliphatic heterocycles. The van der Waals surface area contributed by atoms with Gasteiger partial charge in [0.25, 0.3) is 0 Å². The Hall–Kier alpha value is -0.860. The van der Waals surface area contributed by atoms with Gasteiger partial charge in [-0.15, -0.1) is 0 Å². The molecule has 1 rings (SSSR count). The number of hydrogen-bond donors (Lipinski definition) is 0. The molecule has 1 aromatic carbocycles. The molecule has 2 atom stereocenters. The van der Waals surface area contributed by atoms with Crippen LogP contribution in [0.3, 0.4) is 0 Å². The molecule has 2 unspecified atom stereocenters. The van der Waals surface area contributed by atoms with Gasteiger partial charge in [-0.25, -0.2) is 5.11 Å². The monoisotopic (exact) mass is 207 g/mol. The Bertz CT molecular complexity index is 256. The number of benzene rings is 1. The first-order chi connectivity index (χ1) is 7.24. The molecule has 83 valence electrons. The number of rotatable bonds is 6. The average Bonchev–Trinajstić information content (AvgIpc) is 2.25. The molecule has 0 bridgehead atoms. The zero-order valence-corrected chi connectivity index (χ0v) is 9.48. The van der Waals surface area contributed by atoms with Crippen LogP contribution in [0.2, 0.25) is 0 Å². The van der Waals surface area contributed by atoms with Gasteiger partial charge in [0.05, 0.1) is 12.7 Å². The SMILES string of the molecule is CCCC(OCC(C)[O])c1ccccc1. The predicted molar refractivity (Wildman–Crippen MR) is 60.2 cm³/mol. The van der Waals surface area contributed by atoms with Crippen LogP contribution < -0.4 is 0 Å². The van der Waals surface area contributed by atoms with Gasteiger partial charge >= 0.3 is 0 Å². The predicted octanol–water partition coefficient (Wildman–Crippen LogP) is 3.36. The minimum atomic E-state index is -0.645. The van der Waals surface area contributed by atoms with E-state index in [9.17, 15) is 5.11 Å². The second kappa shape index (κ2) is 6.59. The summed E-state index contributed by atoms with van der Waals surface area (Å²) in [6, 6.07) is 10.1.